The fourth-order valence-corrected chi connectivity index (χ4v) is 2.62. The average molecular weight is 340 g/mol. The molecule has 0 spiro atoms. The Kier molecular flexibility index (Phi) is 4.70. The van der Waals surface area contributed by atoms with E-state index in [1.54, 1.807) is 23.6 Å². The summed E-state index contributed by atoms with van der Waals surface area (Å²) in [7, 11) is 0. The maximum atomic E-state index is 12.4. The molecule has 7 heteroatoms. The van der Waals surface area contributed by atoms with Crippen LogP contribution in [-0.2, 0) is 0 Å². The third kappa shape index (κ3) is 3.77. The Balaban J connectivity index is 1.95. The Morgan fingerprint density at radius 1 is 1.17 bits per heavy atom. The minimum absolute atomic E-state index is 0.149. The largest absolute Gasteiger partial charge is 0.301 e. The van der Waals surface area contributed by atoms with Crippen LogP contribution in [0.1, 0.15) is 16.1 Å². The normalized spacial score (nSPS) is 11.5. The summed E-state index contributed by atoms with van der Waals surface area (Å²) < 4.78 is 1.28. The molecule has 114 valence electrons. The van der Waals surface area contributed by atoms with Crippen LogP contribution >= 0.6 is 23.6 Å². The molecule has 0 unspecified atom stereocenters. The molecule has 0 aliphatic heterocycles. The highest BCUT2D eigenvalue weighted by Crippen LogP contribution is 2.11. The number of hydrogen-bond donors (Lipinski definition) is 1. The highest BCUT2D eigenvalue weighted by molar-refractivity contribution is 7.71. The van der Waals surface area contributed by atoms with E-state index in [1.807, 2.05) is 53.9 Å². The van der Waals surface area contributed by atoms with Crippen LogP contribution in [0.4, 0.5) is 0 Å². The SMILES string of the molecule is O=c1c(/C=C/c2cccs2)n[nH]c(=S)n1/N=C/c1ccccc1. The lowest BCUT2D eigenvalue weighted by molar-refractivity contribution is 0.733. The third-order valence-corrected chi connectivity index (χ3v) is 4.05. The fraction of sp³-hybridized carbons (Fsp3) is 0. The molecule has 0 amide bonds. The van der Waals surface area contributed by atoms with E-state index >= 15 is 0 Å². The lowest BCUT2D eigenvalue weighted by Crippen LogP contribution is -2.22. The first-order valence-corrected chi connectivity index (χ1v) is 8.05. The van der Waals surface area contributed by atoms with Gasteiger partial charge >= 0.3 is 5.56 Å². The lowest BCUT2D eigenvalue weighted by atomic mass is 10.2. The summed E-state index contributed by atoms with van der Waals surface area (Å²) in [6.07, 6.45) is 5.06. The van der Waals surface area contributed by atoms with Crippen LogP contribution in [0, 0.1) is 4.77 Å². The monoisotopic (exact) mass is 340 g/mol. The number of rotatable bonds is 4. The summed E-state index contributed by atoms with van der Waals surface area (Å²) >= 11 is 6.67. The molecule has 0 saturated carbocycles. The number of aromatic nitrogens is 3. The molecule has 0 aliphatic carbocycles. The van der Waals surface area contributed by atoms with Crippen molar-refractivity contribution in [2.24, 2.45) is 5.10 Å². The quantitative estimate of drug-likeness (QED) is 0.585. The van der Waals surface area contributed by atoms with Gasteiger partial charge in [0, 0.05) is 4.88 Å². The van der Waals surface area contributed by atoms with Crippen molar-refractivity contribution in [3.05, 3.63) is 79.1 Å². The Morgan fingerprint density at radius 3 is 2.74 bits per heavy atom. The minimum atomic E-state index is -0.367. The number of thiophene rings is 1. The average Bonchev–Trinajstić information content (AvgIpc) is 3.08. The second-order valence-corrected chi connectivity index (χ2v) is 5.90. The predicted octanol–water partition coefficient (Wildman–Crippen LogP) is 3.41. The van der Waals surface area contributed by atoms with Gasteiger partial charge in [0.25, 0.3) is 0 Å². The number of hydrogen-bond acceptors (Lipinski definition) is 5. The maximum absolute atomic E-state index is 12.4. The first-order valence-electron chi connectivity index (χ1n) is 6.77. The summed E-state index contributed by atoms with van der Waals surface area (Å²) in [5.74, 6) is 0. The summed E-state index contributed by atoms with van der Waals surface area (Å²) in [6.45, 7) is 0. The number of nitrogens with zero attached hydrogens (tertiary/aromatic N) is 3. The molecular weight excluding hydrogens is 328 g/mol. The molecule has 0 bridgehead atoms. The number of nitrogens with one attached hydrogen (secondary N) is 1. The van der Waals surface area contributed by atoms with E-state index in [4.69, 9.17) is 12.2 Å². The van der Waals surface area contributed by atoms with E-state index in [1.165, 1.54) is 0 Å². The van der Waals surface area contributed by atoms with Gasteiger partial charge < -0.3 is 0 Å². The Hall–Kier alpha value is -2.64. The number of H-pyrrole nitrogens is 1. The molecule has 0 fully saturated rings. The highest BCUT2D eigenvalue weighted by atomic mass is 32.1. The van der Waals surface area contributed by atoms with Gasteiger partial charge in [0.15, 0.2) is 5.69 Å². The number of aromatic amines is 1. The molecule has 0 atom stereocenters. The highest BCUT2D eigenvalue weighted by Gasteiger charge is 2.03. The Bertz CT molecular complexity index is 954. The van der Waals surface area contributed by atoms with E-state index in [0.717, 1.165) is 15.1 Å². The lowest BCUT2D eigenvalue weighted by Gasteiger charge is -1.99. The van der Waals surface area contributed by atoms with Crippen molar-refractivity contribution in [1.82, 2.24) is 14.9 Å². The van der Waals surface area contributed by atoms with Crippen molar-refractivity contribution in [2.75, 3.05) is 0 Å². The fourth-order valence-electron chi connectivity index (χ4n) is 1.83. The van der Waals surface area contributed by atoms with Gasteiger partial charge in [-0.05, 0) is 41.4 Å². The van der Waals surface area contributed by atoms with Crippen LogP contribution < -0.4 is 5.56 Å². The minimum Gasteiger partial charge on any atom is -0.265 e. The van der Waals surface area contributed by atoms with Gasteiger partial charge in [-0.1, -0.05) is 36.4 Å². The first kappa shape index (κ1) is 15.3. The second-order valence-electron chi connectivity index (χ2n) is 4.53. The number of benzene rings is 1. The zero-order chi connectivity index (χ0) is 16.1. The van der Waals surface area contributed by atoms with Crippen LogP contribution in [-0.4, -0.2) is 21.1 Å². The van der Waals surface area contributed by atoms with Crippen molar-refractivity contribution in [2.45, 2.75) is 0 Å². The van der Waals surface area contributed by atoms with Crippen LogP contribution in [0.5, 0.6) is 0 Å². The molecule has 3 rings (SSSR count). The van der Waals surface area contributed by atoms with E-state index < -0.39 is 0 Å². The van der Waals surface area contributed by atoms with Gasteiger partial charge in [-0.2, -0.15) is 14.9 Å². The van der Waals surface area contributed by atoms with Gasteiger partial charge in [0.2, 0.25) is 4.77 Å². The van der Waals surface area contributed by atoms with Crippen molar-refractivity contribution in [3.8, 4) is 0 Å². The Labute approximate surface area is 141 Å². The summed E-state index contributed by atoms with van der Waals surface area (Å²) in [5, 5.41) is 12.7. The maximum Gasteiger partial charge on any atom is 0.301 e. The molecule has 23 heavy (non-hydrogen) atoms. The standard InChI is InChI=1S/C16H12N4OS2/c21-15-14(9-8-13-7-4-10-23-13)18-19-16(22)20(15)17-11-12-5-2-1-3-6-12/h1-11H,(H,19,22)/b9-8+,17-11+. The molecular formula is C16H12N4OS2. The first-order chi connectivity index (χ1) is 11.2. The predicted molar refractivity (Wildman–Crippen MR) is 96.4 cm³/mol. The molecule has 1 aromatic carbocycles. The molecule has 1 N–H and O–H groups in total. The third-order valence-electron chi connectivity index (χ3n) is 2.95. The molecule has 5 nitrogen and oxygen atoms in total. The van der Waals surface area contributed by atoms with Gasteiger partial charge in [0.05, 0.1) is 6.21 Å². The summed E-state index contributed by atoms with van der Waals surface area (Å²) in [4.78, 5) is 13.5. The molecule has 0 aliphatic rings. The van der Waals surface area contributed by atoms with Crippen molar-refractivity contribution >= 4 is 41.9 Å². The van der Waals surface area contributed by atoms with Crippen LogP contribution in [0.15, 0.2) is 57.7 Å². The summed E-state index contributed by atoms with van der Waals surface area (Å²) in [5.41, 5.74) is 0.757. The molecule has 3 aromatic rings. The molecule has 2 heterocycles. The second kappa shape index (κ2) is 7.08. The zero-order valence-electron chi connectivity index (χ0n) is 11.9. The zero-order valence-corrected chi connectivity index (χ0v) is 13.6. The Morgan fingerprint density at radius 2 is 2.00 bits per heavy atom. The van der Waals surface area contributed by atoms with Crippen molar-refractivity contribution < 1.29 is 0 Å². The van der Waals surface area contributed by atoms with E-state index in [2.05, 4.69) is 15.3 Å². The van der Waals surface area contributed by atoms with Crippen molar-refractivity contribution in [1.29, 1.82) is 0 Å². The van der Waals surface area contributed by atoms with Gasteiger partial charge in [-0.15, -0.1) is 11.3 Å². The molecule has 0 radical (unpaired) electrons. The van der Waals surface area contributed by atoms with Crippen LogP contribution in [0.25, 0.3) is 12.2 Å². The molecule has 0 saturated heterocycles. The van der Waals surface area contributed by atoms with Crippen LogP contribution in [0.3, 0.4) is 0 Å². The van der Waals surface area contributed by atoms with E-state index in [9.17, 15) is 4.79 Å². The van der Waals surface area contributed by atoms with Gasteiger partial charge in [0.1, 0.15) is 0 Å². The van der Waals surface area contributed by atoms with Crippen molar-refractivity contribution in [3.63, 3.8) is 0 Å². The van der Waals surface area contributed by atoms with Gasteiger partial charge in [-0.25, -0.2) is 0 Å². The van der Waals surface area contributed by atoms with E-state index in [0.29, 0.717) is 0 Å². The topological polar surface area (TPSA) is 63.0 Å². The van der Waals surface area contributed by atoms with E-state index in [-0.39, 0.29) is 16.0 Å². The van der Waals surface area contributed by atoms with Gasteiger partial charge in [-0.3, -0.25) is 9.89 Å². The molecule has 2 aromatic heterocycles. The smallest absolute Gasteiger partial charge is 0.265 e. The summed E-state index contributed by atoms with van der Waals surface area (Å²) in [6, 6.07) is 13.4. The van der Waals surface area contributed by atoms with Crippen LogP contribution in [0.2, 0.25) is 0 Å².